The molecule has 0 saturated carbocycles. The van der Waals surface area contributed by atoms with Crippen molar-refractivity contribution in [1.82, 2.24) is 15.5 Å². The maximum atomic E-state index is 10.6. The summed E-state index contributed by atoms with van der Waals surface area (Å²) in [7, 11) is 0. The van der Waals surface area contributed by atoms with Crippen LogP contribution in [0.4, 0.5) is 0 Å². The van der Waals surface area contributed by atoms with Gasteiger partial charge in [0.1, 0.15) is 0 Å². The Hall–Kier alpha value is -0.780. The molecule has 0 radical (unpaired) electrons. The molecule has 0 saturated heterocycles. The highest BCUT2D eigenvalue weighted by molar-refractivity contribution is 5.87. The third kappa shape index (κ3) is 2.17. The van der Waals surface area contributed by atoms with Crippen LogP contribution in [0, 0.1) is 0 Å². The van der Waals surface area contributed by atoms with Crippen molar-refractivity contribution in [2.24, 2.45) is 0 Å². The first kappa shape index (κ1) is 13.2. The average Bonchev–Trinajstić information content (AvgIpc) is 2.47. The van der Waals surface area contributed by atoms with E-state index in [1.165, 1.54) is 0 Å². The van der Waals surface area contributed by atoms with Gasteiger partial charge in [-0.1, -0.05) is 0 Å². The number of aromatic amines is 1. The maximum Gasteiger partial charge on any atom is 0.356 e. The molecule has 5 nitrogen and oxygen atoms in total. The topological polar surface area (TPSA) is 78.0 Å². The lowest BCUT2D eigenvalue weighted by Crippen LogP contribution is -2.24. The number of nitrogens with zero attached hydrogens (tertiary/aromatic N) is 1. The van der Waals surface area contributed by atoms with E-state index in [-0.39, 0.29) is 30.5 Å². The van der Waals surface area contributed by atoms with Crippen LogP contribution in [-0.4, -0.2) is 27.8 Å². The minimum absolute atomic E-state index is 0. The third-order valence-electron chi connectivity index (χ3n) is 2.01. The van der Waals surface area contributed by atoms with E-state index in [1.54, 1.807) is 0 Å². The molecule has 1 aliphatic heterocycles. The first-order chi connectivity index (χ1) is 5.79. The van der Waals surface area contributed by atoms with Crippen molar-refractivity contribution in [3.63, 3.8) is 0 Å². The van der Waals surface area contributed by atoms with Crippen LogP contribution in [0.15, 0.2) is 0 Å². The van der Waals surface area contributed by atoms with Crippen molar-refractivity contribution in [2.45, 2.75) is 13.0 Å². The van der Waals surface area contributed by atoms with Gasteiger partial charge in [-0.25, -0.2) is 4.79 Å². The summed E-state index contributed by atoms with van der Waals surface area (Å²) < 4.78 is 0. The van der Waals surface area contributed by atoms with Crippen molar-refractivity contribution in [3.8, 4) is 0 Å². The highest BCUT2D eigenvalue weighted by Crippen LogP contribution is 2.14. The molecule has 3 N–H and O–H groups in total. The summed E-state index contributed by atoms with van der Waals surface area (Å²) in [5, 5.41) is 18.3. The smallest absolute Gasteiger partial charge is 0.356 e. The standard InChI is InChI=1S/C7H9N3O2.2ClH/c11-7(12)6-4-3-8-2-1-5(4)9-10-6;;/h8H,1-3H2,(H,9,10)(H,11,12);2*1H. The Morgan fingerprint density at radius 3 is 2.79 bits per heavy atom. The van der Waals surface area contributed by atoms with Crippen LogP contribution in [0.1, 0.15) is 21.7 Å². The lowest BCUT2D eigenvalue weighted by atomic mass is 10.1. The number of nitrogens with one attached hydrogen (secondary N) is 2. The molecule has 80 valence electrons. The van der Waals surface area contributed by atoms with Gasteiger partial charge in [0.05, 0.1) is 0 Å². The fraction of sp³-hybridized carbons (Fsp3) is 0.429. The molecule has 2 rings (SSSR count). The zero-order chi connectivity index (χ0) is 8.55. The molecule has 2 heterocycles. The number of rotatable bonds is 1. The normalized spacial score (nSPS) is 13.4. The number of halogens is 2. The second-order valence-electron chi connectivity index (χ2n) is 2.76. The van der Waals surface area contributed by atoms with E-state index in [1.807, 2.05) is 0 Å². The molecule has 0 atom stereocenters. The molecule has 0 bridgehead atoms. The van der Waals surface area contributed by atoms with Crippen LogP contribution < -0.4 is 5.32 Å². The van der Waals surface area contributed by atoms with Gasteiger partial charge >= 0.3 is 5.97 Å². The SMILES string of the molecule is Cl.Cl.O=C(O)c1n[nH]c2c1CNCC2. The summed E-state index contributed by atoms with van der Waals surface area (Å²) in [5.74, 6) is -0.962. The Labute approximate surface area is 93.1 Å². The first-order valence-electron chi connectivity index (χ1n) is 3.79. The largest absolute Gasteiger partial charge is 0.476 e. The predicted octanol–water partition coefficient (Wildman–Crippen LogP) is 0.597. The molecule has 1 aliphatic rings. The number of hydrogen-bond acceptors (Lipinski definition) is 3. The zero-order valence-corrected chi connectivity index (χ0v) is 8.87. The Bertz CT molecular complexity index is 327. The molecule has 1 aromatic heterocycles. The van der Waals surface area contributed by atoms with E-state index < -0.39 is 5.97 Å². The summed E-state index contributed by atoms with van der Waals surface area (Å²) in [5.41, 5.74) is 1.90. The number of aromatic nitrogens is 2. The zero-order valence-electron chi connectivity index (χ0n) is 7.24. The van der Waals surface area contributed by atoms with Gasteiger partial charge < -0.3 is 10.4 Å². The summed E-state index contributed by atoms with van der Waals surface area (Å²) >= 11 is 0. The monoisotopic (exact) mass is 239 g/mol. The molecule has 0 amide bonds. The summed E-state index contributed by atoms with van der Waals surface area (Å²) in [6, 6.07) is 0. The van der Waals surface area contributed by atoms with E-state index in [2.05, 4.69) is 15.5 Å². The summed E-state index contributed by atoms with van der Waals surface area (Å²) in [4.78, 5) is 10.6. The molecular formula is C7H11Cl2N3O2. The molecule has 0 aromatic carbocycles. The highest BCUT2D eigenvalue weighted by atomic mass is 35.5. The molecule has 0 unspecified atom stereocenters. The molecule has 1 aromatic rings. The van der Waals surface area contributed by atoms with Gasteiger partial charge in [-0.3, -0.25) is 5.10 Å². The Morgan fingerprint density at radius 2 is 2.14 bits per heavy atom. The fourth-order valence-electron chi connectivity index (χ4n) is 1.40. The predicted molar refractivity (Wildman–Crippen MR) is 55.5 cm³/mol. The number of hydrogen-bond donors (Lipinski definition) is 3. The lowest BCUT2D eigenvalue weighted by molar-refractivity contribution is 0.0689. The molecular weight excluding hydrogens is 229 g/mol. The second kappa shape index (κ2) is 5.19. The number of carboxylic acid groups (broad SMARTS) is 1. The number of aromatic carboxylic acids is 1. The van der Waals surface area contributed by atoms with Gasteiger partial charge in [0.2, 0.25) is 0 Å². The second-order valence-corrected chi connectivity index (χ2v) is 2.76. The summed E-state index contributed by atoms with van der Waals surface area (Å²) in [6.07, 6.45) is 0.829. The van der Waals surface area contributed by atoms with E-state index >= 15 is 0 Å². The van der Waals surface area contributed by atoms with Crippen molar-refractivity contribution >= 4 is 30.8 Å². The van der Waals surface area contributed by atoms with Crippen LogP contribution in [0.3, 0.4) is 0 Å². The van der Waals surface area contributed by atoms with Crippen LogP contribution in [-0.2, 0) is 13.0 Å². The lowest BCUT2D eigenvalue weighted by Gasteiger charge is -2.11. The first-order valence-corrected chi connectivity index (χ1v) is 3.79. The van der Waals surface area contributed by atoms with Crippen molar-refractivity contribution in [3.05, 3.63) is 17.0 Å². The van der Waals surface area contributed by atoms with Gasteiger partial charge in [0.15, 0.2) is 5.69 Å². The van der Waals surface area contributed by atoms with Crippen LogP contribution in [0.2, 0.25) is 0 Å². The Morgan fingerprint density at radius 1 is 1.43 bits per heavy atom. The van der Waals surface area contributed by atoms with Crippen LogP contribution in [0.5, 0.6) is 0 Å². The summed E-state index contributed by atoms with van der Waals surface area (Å²) in [6.45, 7) is 1.49. The van der Waals surface area contributed by atoms with E-state index in [9.17, 15) is 4.79 Å². The van der Waals surface area contributed by atoms with Crippen molar-refractivity contribution < 1.29 is 9.90 Å². The molecule has 0 fully saturated rings. The maximum absolute atomic E-state index is 10.6. The molecule has 0 aliphatic carbocycles. The number of carboxylic acids is 1. The van der Waals surface area contributed by atoms with E-state index in [0.29, 0.717) is 6.54 Å². The third-order valence-corrected chi connectivity index (χ3v) is 2.01. The van der Waals surface area contributed by atoms with Crippen LogP contribution >= 0.6 is 24.8 Å². The molecule has 7 heteroatoms. The number of fused-ring (bicyclic) bond motifs is 1. The molecule has 14 heavy (non-hydrogen) atoms. The van der Waals surface area contributed by atoms with Crippen LogP contribution in [0.25, 0.3) is 0 Å². The average molecular weight is 240 g/mol. The number of H-pyrrole nitrogens is 1. The quantitative estimate of drug-likeness (QED) is 0.671. The van der Waals surface area contributed by atoms with Crippen molar-refractivity contribution in [2.75, 3.05) is 6.54 Å². The van der Waals surface area contributed by atoms with Gasteiger partial charge in [0.25, 0.3) is 0 Å². The van der Waals surface area contributed by atoms with E-state index in [0.717, 1.165) is 24.2 Å². The van der Waals surface area contributed by atoms with Gasteiger partial charge in [-0.15, -0.1) is 24.8 Å². The minimum Gasteiger partial charge on any atom is -0.476 e. The molecule has 0 spiro atoms. The number of carbonyl (C=O) groups is 1. The highest BCUT2D eigenvalue weighted by Gasteiger charge is 2.20. The van der Waals surface area contributed by atoms with Crippen molar-refractivity contribution in [1.29, 1.82) is 0 Å². The Kier molecular flexibility index (Phi) is 4.90. The van der Waals surface area contributed by atoms with Gasteiger partial charge in [-0.2, -0.15) is 5.10 Å². The Balaban J connectivity index is 0.000000845. The van der Waals surface area contributed by atoms with Gasteiger partial charge in [0, 0.05) is 30.8 Å². The fourth-order valence-corrected chi connectivity index (χ4v) is 1.40. The minimum atomic E-state index is -0.962. The van der Waals surface area contributed by atoms with Gasteiger partial charge in [-0.05, 0) is 0 Å². The van der Waals surface area contributed by atoms with E-state index in [4.69, 9.17) is 5.11 Å².